The fraction of sp³-hybridized carbons (Fsp3) is 0.556. The third-order valence-corrected chi connectivity index (χ3v) is 5.35. The molecule has 0 unspecified atom stereocenters. The van der Waals surface area contributed by atoms with Crippen LogP contribution >= 0.6 is 11.6 Å². The van der Waals surface area contributed by atoms with E-state index in [4.69, 9.17) is 11.6 Å². The molecule has 0 radical (unpaired) electrons. The van der Waals surface area contributed by atoms with Crippen LogP contribution in [0.4, 0.5) is 4.39 Å². The third kappa shape index (κ3) is 5.00. The van der Waals surface area contributed by atoms with Gasteiger partial charge in [-0.2, -0.15) is 0 Å². The number of hydrogen-bond donors (Lipinski definition) is 1. The second-order valence-corrected chi connectivity index (χ2v) is 7.36. The largest absolute Gasteiger partial charge is 0.348 e. The zero-order chi connectivity index (χ0) is 18.6. The monoisotopic (exact) mass is 369 g/mol. The Morgan fingerprint density at radius 2 is 1.96 bits per heavy atom. The van der Waals surface area contributed by atoms with Crippen LogP contribution in [0.2, 0.25) is 5.02 Å². The smallest absolute Gasteiger partial charge is 0.287 e. The molecule has 0 saturated carbocycles. The molecule has 1 fully saturated rings. The molecule has 7 heteroatoms. The SMILES string of the molecule is CN1CCC(CNC(=O)C(=O)Cc2ccc(Cl)c(F)c2)(N(C)C)CC1. The number of benzene rings is 1. The molecule has 25 heavy (non-hydrogen) atoms. The molecule has 138 valence electrons. The van der Waals surface area contributed by atoms with Crippen LogP contribution in [0.15, 0.2) is 18.2 Å². The summed E-state index contributed by atoms with van der Waals surface area (Å²) in [7, 11) is 6.07. The molecule has 0 atom stereocenters. The van der Waals surface area contributed by atoms with Crippen molar-refractivity contribution < 1.29 is 14.0 Å². The first kappa shape index (κ1) is 19.8. The summed E-state index contributed by atoms with van der Waals surface area (Å²) in [6, 6.07) is 4.12. The van der Waals surface area contributed by atoms with E-state index in [0.717, 1.165) is 25.9 Å². The summed E-state index contributed by atoms with van der Waals surface area (Å²) >= 11 is 5.62. The first-order chi connectivity index (χ1) is 11.7. The lowest BCUT2D eigenvalue weighted by Crippen LogP contribution is -2.58. The van der Waals surface area contributed by atoms with Crippen LogP contribution in [-0.4, -0.2) is 67.8 Å². The molecular formula is C18H25ClFN3O2. The molecule has 1 aliphatic rings. The molecule has 0 bridgehead atoms. The molecule has 1 aromatic rings. The number of amides is 1. The van der Waals surface area contributed by atoms with Gasteiger partial charge in [0.15, 0.2) is 0 Å². The first-order valence-corrected chi connectivity index (χ1v) is 8.72. The maximum Gasteiger partial charge on any atom is 0.287 e. The van der Waals surface area contributed by atoms with E-state index in [2.05, 4.69) is 22.2 Å². The van der Waals surface area contributed by atoms with Gasteiger partial charge in [-0.05, 0) is 64.8 Å². The average molecular weight is 370 g/mol. The molecule has 5 nitrogen and oxygen atoms in total. The highest BCUT2D eigenvalue weighted by Gasteiger charge is 2.36. The van der Waals surface area contributed by atoms with Gasteiger partial charge in [-0.25, -0.2) is 4.39 Å². The Labute approximate surface area is 153 Å². The lowest BCUT2D eigenvalue weighted by molar-refractivity contribution is -0.138. The zero-order valence-electron chi connectivity index (χ0n) is 14.9. The van der Waals surface area contributed by atoms with Crippen LogP contribution in [0.1, 0.15) is 18.4 Å². The first-order valence-electron chi connectivity index (χ1n) is 8.34. The minimum absolute atomic E-state index is 0.00385. The highest BCUT2D eigenvalue weighted by Crippen LogP contribution is 2.25. The van der Waals surface area contributed by atoms with Crippen molar-refractivity contribution in [2.45, 2.75) is 24.8 Å². The number of likely N-dealkylation sites (tertiary alicyclic amines) is 1. The molecule has 1 saturated heterocycles. The van der Waals surface area contributed by atoms with E-state index in [1.807, 2.05) is 14.1 Å². The summed E-state index contributed by atoms with van der Waals surface area (Å²) in [6.07, 6.45) is 1.71. The minimum Gasteiger partial charge on any atom is -0.348 e. The van der Waals surface area contributed by atoms with Crippen molar-refractivity contribution in [3.63, 3.8) is 0 Å². The van der Waals surface area contributed by atoms with Gasteiger partial charge in [0, 0.05) is 18.5 Å². The maximum absolute atomic E-state index is 13.4. The molecule has 0 spiro atoms. The summed E-state index contributed by atoms with van der Waals surface area (Å²) in [6.45, 7) is 2.32. The second-order valence-electron chi connectivity index (χ2n) is 6.95. The normalized spacial score (nSPS) is 17.5. The lowest BCUT2D eigenvalue weighted by Gasteiger charge is -2.45. The highest BCUT2D eigenvalue weighted by atomic mass is 35.5. The van der Waals surface area contributed by atoms with E-state index < -0.39 is 17.5 Å². The number of rotatable bonds is 6. The fourth-order valence-corrected chi connectivity index (χ4v) is 3.19. The van der Waals surface area contributed by atoms with Crippen molar-refractivity contribution in [3.8, 4) is 0 Å². The number of nitrogens with zero attached hydrogens (tertiary/aromatic N) is 2. The molecule has 0 aromatic heterocycles. The van der Waals surface area contributed by atoms with E-state index in [-0.39, 0.29) is 17.0 Å². The van der Waals surface area contributed by atoms with Crippen LogP contribution in [0, 0.1) is 5.82 Å². The van der Waals surface area contributed by atoms with Gasteiger partial charge in [0.05, 0.1) is 5.02 Å². The van der Waals surface area contributed by atoms with Gasteiger partial charge in [0.2, 0.25) is 5.78 Å². The molecule has 1 aliphatic heterocycles. The molecule has 1 aromatic carbocycles. The van der Waals surface area contributed by atoms with Crippen LogP contribution in [0.25, 0.3) is 0 Å². The zero-order valence-corrected chi connectivity index (χ0v) is 15.7. The minimum atomic E-state index is -0.629. The second kappa shape index (κ2) is 8.25. The van der Waals surface area contributed by atoms with Crippen molar-refractivity contribution in [3.05, 3.63) is 34.6 Å². The molecule has 0 aliphatic carbocycles. The highest BCUT2D eigenvalue weighted by molar-refractivity contribution is 6.36. The summed E-state index contributed by atoms with van der Waals surface area (Å²) in [5, 5.41) is 2.76. The standard InChI is InChI=1S/C18H25ClFN3O2/c1-22(2)18(6-8-23(3)9-7-18)12-21-17(25)16(24)11-13-4-5-14(19)15(20)10-13/h4-5,10H,6-9,11-12H2,1-3H3,(H,21,25). The Bertz CT molecular complexity index is 643. The number of likely N-dealkylation sites (N-methyl/N-ethyl adjacent to an activating group) is 1. The van der Waals surface area contributed by atoms with E-state index in [1.54, 1.807) is 6.07 Å². The molecular weight excluding hydrogens is 345 g/mol. The van der Waals surface area contributed by atoms with Gasteiger partial charge in [-0.3, -0.25) is 9.59 Å². The van der Waals surface area contributed by atoms with E-state index in [1.165, 1.54) is 12.1 Å². The number of ketones is 1. The summed E-state index contributed by atoms with van der Waals surface area (Å²) in [5.74, 6) is -1.80. The third-order valence-electron chi connectivity index (χ3n) is 5.05. The van der Waals surface area contributed by atoms with E-state index in [9.17, 15) is 14.0 Å². The molecule has 1 N–H and O–H groups in total. The summed E-state index contributed by atoms with van der Waals surface area (Å²) < 4.78 is 13.4. The average Bonchev–Trinajstić information content (AvgIpc) is 2.57. The number of piperidine rings is 1. The Morgan fingerprint density at radius 3 is 2.52 bits per heavy atom. The van der Waals surface area contributed by atoms with Crippen molar-refractivity contribution in [1.29, 1.82) is 0 Å². The number of halogens is 2. The quantitative estimate of drug-likeness (QED) is 0.776. The van der Waals surface area contributed by atoms with Crippen LogP contribution < -0.4 is 5.32 Å². The summed E-state index contributed by atoms with van der Waals surface area (Å²) in [5.41, 5.74) is 0.290. The van der Waals surface area contributed by atoms with Crippen molar-refractivity contribution in [2.75, 3.05) is 40.8 Å². The van der Waals surface area contributed by atoms with Gasteiger partial charge in [0.25, 0.3) is 5.91 Å². The molecule has 2 rings (SSSR count). The predicted octanol–water partition coefficient (Wildman–Crippen LogP) is 1.73. The number of Topliss-reactive ketones (excluding diaryl/α,β-unsaturated/α-hetero) is 1. The summed E-state index contributed by atoms with van der Waals surface area (Å²) in [4.78, 5) is 28.7. The Kier molecular flexibility index (Phi) is 6.54. The Balaban J connectivity index is 1.93. The van der Waals surface area contributed by atoms with Crippen LogP contribution in [0.3, 0.4) is 0 Å². The number of carbonyl (C=O) groups is 2. The topological polar surface area (TPSA) is 52.7 Å². The van der Waals surface area contributed by atoms with E-state index >= 15 is 0 Å². The van der Waals surface area contributed by atoms with Crippen LogP contribution in [-0.2, 0) is 16.0 Å². The van der Waals surface area contributed by atoms with Gasteiger partial charge in [-0.15, -0.1) is 0 Å². The number of hydrogen-bond acceptors (Lipinski definition) is 4. The molecule has 1 amide bonds. The van der Waals surface area contributed by atoms with Gasteiger partial charge in [-0.1, -0.05) is 17.7 Å². The van der Waals surface area contributed by atoms with Gasteiger partial charge < -0.3 is 15.1 Å². The van der Waals surface area contributed by atoms with Gasteiger partial charge >= 0.3 is 0 Å². The lowest BCUT2D eigenvalue weighted by atomic mass is 9.86. The fourth-order valence-electron chi connectivity index (χ4n) is 3.08. The van der Waals surface area contributed by atoms with Crippen molar-refractivity contribution >= 4 is 23.3 Å². The van der Waals surface area contributed by atoms with Crippen molar-refractivity contribution in [1.82, 2.24) is 15.1 Å². The number of nitrogens with one attached hydrogen (secondary N) is 1. The predicted molar refractivity (Wildman–Crippen MR) is 96.3 cm³/mol. The van der Waals surface area contributed by atoms with Gasteiger partial charge in [0.1, 0.15) is 5.82 Å². The maximum atomic E-state index is 13.4. The Hall–Kier alpha value is -1.50. The van der Waals surface area contributed by atoms with Crippen LogP contribution in [0.5, 0.6) is 0 Å². The van der Waals surface area contributed by atoms with E-state index in [0.29, 0.717) is 12.1 Å². The molecule has 1 heterocycles. The van der Waals surface area contributed by atoms with Crippen molar-refractivity contribution in [2.24, 2.45) is 0 Å². The number of carbonyl (C=O) groups excluding carboxylic acids is 2. The Morgan fingerprint density at radius 1 is 1.32 bits per heavy atom.